The van der Waals surface area contributed by atoms with Gasteiger partial charge in [-0.1, -0.05) is 27.5 Å². The van der Waals surface area contributed by atoms with Crippen molar-refractivity contribution in [2.75, 3.05) is 7.11 Å². The van der Waals surface area contributed by atoms with Gasteiger partial charge in [-0.2, -0.15) is 0 Å². The Kier molecular flexibility index (Phi) is 4.05. The van der Waals surface area contributed by atoms with Crippen LogP contribution < -0.4 is 4.74 Å². The number of rotatable bonds is 2. The topological polar surface area (TPSA) is 22.1 Å². The normalized spacial score (nSPS) is 10.0. The SMILES string of the molecule is COc1cc(CBr)c(I)nc1Cl. The van der Waals surface area contributed by atoms with Crippen LogP contribution in [0.15, 0.2) is 6.07 Å². The highest BCUT2D eigenvalue weighted by atomic mass is 127. The van der Waals surface area contributed by atoms with Crippen LogP contribution in [-0.2, 0) is 5.33 Å². The molecule has 0 aliphatic rings. The zero-order valence-corrected chi connectivity index (χ0v) is 10.8. The number of hydrogen-bond acceptors (Lipinski definition) is 2. The van der Waals surface area contributed by atoms with Gasteiger partial charge in [-0.05, 0) is 34.2 Å². The summed E-state index contributed by atoms with van der Waals surface area (Å²) >= 11 is 11.3. The molecule has 0 atom stereocenters. The average Bonchev–Trinajstić information content (AvgIpc) is 2.05. The fourth-order valence-corrected chi connectivity index (χ4v) is 2.63. The van der Waals surface area contributed by atoms with Crippen molar-refractivity contribution in [1.82, 2.24) is 4.98 Å². The van der Waals surface area contributed by atoms with E-state index in [2.05, 4.69) is 43.5 Å². The fraction of sp³-hybridized carbons (Fsp3) is 0.286. The highest BCUT2D eigenvalue weighted by Crippen LogP contribution is 2.26. The monoisotopic (exact) mass is 361 g/mol. The number of nitrogens with zero attached hydrogens (tertiary/aromatic N) is 1. The lowest BCUT2D eigenvalue weighted by Gasteiger charge is -2.05. The molecule has 0 saturated carbocycles. The van der Waals surface area contributed by atoms with Gasteiger partial charge in [0.15, 0.2) is 10.9 Å². The first-order valence-corrected chi connectivity index (χ1v) is 5.71. The van der Waals surface area contributed by atoms with E-state index in [1.54, 1.807) is 7.11 Å². The van der Waals surface area contributed by atoms with Crippen LogP contribution in [0.4, 0.5) is 0 Å². The van der Waals surface area contributed by atoms with Crippen LogP contribution in [0, 0.1) is 3.70 Å². The van der Waals surface area contributed by atoms with Gasteiger partial charge in [0.1, 0.15) is 3.70 Å². The molecule has 2 nitrogen and oxygen atoms in total. The van der Waals surface area contributed by atoms with E-state index < -0.39 is 0 Å². The molecule has 0 aromatic carbocycles. The average molecular weight is 362 g/mol. The van der Waals surface area contributed by atoms with Gasteiger partial charge in [0.25, 0.3) is 0 Å². The van der Waals surface area contributed by atoms with Gasteiger partial charge in [-0.3, -0.25) is 0 Å². The Hall–Kier alpha value is 0.450. The minimum absolute atomic E-state index is 0.409. The number of hydrogen-bond donors (Lipinski definition) is 0. The number of pyridine rings is 1. The highest BCUT2D eigenvalue weighted by molar-refractivity contribution is 14.1. The summed E-state index contributed by atoms with van der Waals surface area (Å²) in [7, 11) is 1.58. The maximum Gasteiger partial charge on any atom is 0.172 e. The molecular weight excluding hydrogens is 356 g/mol. The van der Waals surface area contributed by atoms with E-state index in [0.717, 1.165) is 14.6 Å². The summed E-state index contributed by atoms with van der Waals surface area (Å²) in [5.74, 6) is 0.617. The molecule has 1 aromatic rings. The van der Waals surface area contributed by atoms with Crippen molar-refractivity contribution in [2.45, 2.75) is 5.33 Å². The lowest BCUT2D eigenvalue weighted by Crippen LogP contribution is -1.94. The molecular formula is C7H6BrClINO. The molecule has 5 heteroatoms. The van der Waals surface area contributed by atoms with Crippen LogP contribution in [0.2, 0.25) is 5.15 Å². The minimum atomic E-state index is 0.409. The molecule has 12 heavy (non-hydrogen) atoms. The fourth-order valence-electron chi connectivity index (χ4n) is 0.727. The molecule has 0 fully saturated rings. The zero-order valence-electron chi connectivity index (χ0n) is 6.27. The summed E-state index contributed by atoms with van der Waals surface area (Å²) in [6.45, 7) is 0. The summed E-state index contributed by atoms with van der Waals surface area (Å²) in [5.41, 5.74) is 1.08. The second kappa shape index (κ2) is 4.62. The Labute approximate surface area is 97.9 Å². The Morgan fingerprint density at radius 2 is 2.42 bits per heavy atom. The zero-order chi connectivity index (χ0) is 9.14. The quantitative estimate of drug-likeness (QED) is 0.458. The largest absolute Gasteiger partial charge is 0.494 e. The Morgan fingerprint density at radius 1 is 1.75 bits per heavy atom. The van der Waals surface area contributed by atoms with Crippen molar-refractivity contribution in [3.8, 4) is 5.75 Å². The molecule has 0 radical (unpaired) electrons. The molecule has 0 aliphatic carbocycles. The van der Waals surface area contributed by atoms with Gasteiger partial charge in [-0.15, -0.1) is 0 Å². The van der Waals surface area contributed by atoms with Crippen molar-refractivity contribution in [2.24, 2.45) is 0 Å². The van der Waals surface area contributed by atoms with E-state index in [1.165, 1.54) is 0 Å². The van der Waals surface area contributed by atoms with Gasteiger partial charge in [-0.25, -0.2) is 4.98 Å². The van der Waals surface area contributed by atoms with E-state index in [-0.39, 0.29) is 0 Å². The predicted molar refractivity (Wildman–Crippen MR) is 61.1 cm³/mol. The van der Waals surface area contributed by atoms with Gasteiger partial charge < -0.3 is 4.74 Å². The molecule has 0 amide bonds. The van der Waals surface area contributed by atoms with Crippen LogP contribution in [0.1, 0.15) is 5.56 Å². The lowest BCUT2D eigenvalue weighted by atomic mass is 10.3. The number of alkyl halides is 1. The van der Waals surface area contributed by atoms with Crippen molar-refractivity contribution in [3.05, 3.63) is 20.5 Å². The first-order chi connectivity index (χ1) is 5.69. The Bertz CT molecular complexity index is 270. The third-order valence-corrected chi connectivity index (χ3v) is 3.14. The van der Waals surface area contributed by atoms with E-state index in [1.807, 2.05) is 6.07 Å². The van der Waals surface area contributed by atoms with Crippen LogP contribution >= 0.6 is 50.1 Å². The second-order valence-electron chi connectivity index (χ2n) is 2.07. The van der Waals surface area contributed by atoms with E-state index in [9.17, 15) is 0 Å². The molecule has 0 spiro atoms. The molecule has 0 N–H and O–H groups in total. The van der Waals surface area contributed by atoms with Crippen LogP contribution in [0.25, 0.3) is 0 Å². The van der Waals surface area contributed by atoms with Crippen molar-refractivity contribution >= 4 is 50.1 Å². The maximum absolute atomic E-state index is 5.80. The summed E-state index contributed by atoms with van der Waals surface area (Å²) < 4.78 is 5.92. The van der Waals surface area contributed by atoms with E-state index in [0.29, 0.717) is 10.9 Å². The van der Waals surface area contributed by atoms with Crippen molar-refractivity contribution in [3.63, 3.8) is 0 Å². The molecule has 1 rings (SSSR count). The predicted octanol–water partition coefficient (Wildman–Crippen LogP) is 3.24. The van der Waals surface area contributed by atoms with E-state index in [4.69, 9.17) is 16.3 Å². The summed E-state index contributed by atoms with van der Waals surface area (Å²) in [6.07, 6.45) is 0. The van der Waals surface area contributed by atoms with E-state index >= 15 is 0 Å². The van der Waals surface area contributed by atoms with Crippen LogP contribution in [0.3, 0.4) is 0 Å². The summed E-state index contributed by atoms with van der Waals surface area (Å²) in [5, 5.41) is 1.16. The standard InChI is InChI=1S/C7H6BrClINO/c1-12-5-2-4(3-8)7(10)11-6(5)9/h2H,3H2,1H3. The number of halogens is 3. The molecule has 0 saturated heterocycles. The maximum atomic E-state index is 5.80. The third-order valence-electron chi connectivity index (χ3n) is 1.33. The lowest BCUT2D eigenvalue weighted by molar-refractivity contribution is 0.412. The van der Waals surface area contributed by atoms with Gasteiger partial charge in [0.2, 0.25) is 0 Å². The smallest absolute Gasteiger partial charge is 0.172 e. The highest BCUT2D eigenvalue weighted by Gasteiger charge is 2.07. The molecule has 66 valence electrons. The molecule has 1 aromatic heterocycles. The summed E-state index contributed by atoms with van der Waals surface area (Å²) in [4.78, 5) is 4.11. The second-order valence-corrected chi connectivity index (χ2v) is 4.01. The Balaban J connectivity index is 3.18. The van der Waals surface area contributed by atoms with Crippen molar-refractivity contribution < 1.29 is 4.74 Å². The first kappa shape index (κ1) is 10.5. The van der Waals surface area contributed by atoms with Gasteiger partial charge >= 0.3 is 0 Å². The molecule has 0 unspecified atom stereocenters. The third kappa shape index (κ3) is 2.23. The minimum Gasteiger partial charge on any atom is -0.494 e. The molecule has 0 bridgehead atoms. The van der Waals surface area contributed by atoms with Crippen LogP contribution in [0.5, 0.6) is 5.75 Å². The van der Waals surface area contributed by atoms with Gasteiger partial charge in [0, 0.05) is 5.33 Å². The number of ether oxygens (including phenoxy) is 1. The first-order valence-electron chi connectivity index (χ1n) is 3.14. The van der Waals surface area contributed by atoms with Crippen molar-refractivity contribution in [1.29, 1.82) is 0 Å². The molecule has 0 aliphatic heterocycles. The number of methoxy groups -OCH3 is 1. The molecule has 1 heterocycles. The Morgan fingerprint density at radius 3 is 2.92 bits per heavy atom. The van der Waals surface area contributed by atoms with Gasteiger partial charge in [0.05, 0.1) is 7.11 Å². The number of aromatic nitrogens is 1. The van der Waals surface area contributed by atoms with Crippen LogP contribution in [-0.4, -0.2) is 12.1 Å². The summed E-state index contributed by atoms with van der Waals surface area (Å²) in [6, 6.07) is 1.88.